The highest BCUT2D eigenvalue weighted by atomic mass is 32.1. The minimum Gasteiger partial charge on any atom is -0.453 e. The number of rotatable bonds is 7. The number of hydrogen-bond acceptors (Lipinski definition) is 6. The Morgan fingerprint density at radius 1 is 1.05 bits per heavy atom. The lowest BCUT2D eigenvalue weighted by Crippen LogP contribution is -2.35. The average molecular weight is 550 g/mol. The average Bonchev–Trinajstić information content (AvgIpc) is 3.54. The summed E-state index contributed by atoms with van der Waals surface area (Å²) in [4.78, 5) is 22.0. The Labute approximate surface area is 226 Å². The monoisotopic (exact) mass is 549 g/mol. The summed E-state index contributed by atoms with van der Waals surface area (Å²) in [6.45, 7) is 2.83. The maximum Gasteiger partial charge on any atom is 0.230 e. The highest BCUT2D eigenvalue weighted by Gasteiger charge is 2.15. The van der Waals surface area contributed by atoms with Crippen LogP contribution in [0.1, 0.15) is 12.5 Å². The number of carbonyl (C=O) groups excluding carboxylic acids is 1. The minimum atomic E-state index is -0.612. The van der Waals surface area contributed by atoms with E-state index >= 15 is 0 Å². The Balaban J connectivity index is 1.26. The van der Waals surface area contributed by atoms with Gasteiger partial charge in [-0.25, -0.2) is 13.8 Å². The minimum absolute atomic E-state index is 0.0116. The zero-order chi connectivity index (χ0) is 26.6. The second-order valence-electron chi connectivity index (χ2n) is 8.22. The largest absolute Gasteiger partial charge is 0.453 e. The number of amides is 1. The molecule has 0 atom stereocenters. The van der Waals surface area contributed by atoms with Crippen molar-refractivity contribution in [2.24, 2.45) is 0 Å². The fourth-order valence-corrected chi connectivity index (χ4v) is 5.11. The second kappa shape index (κ2) is 11.0. The molecule has 0 unspecified atom stereocenters. The molecule has 5 rings (SSSR count). The molecule has 0 aliphatic heterocycles. The van der Waals surface area contributed by atoms with Gasteiger partial charge in [0.1, 0.15) is 17.4 Å². The standard InChI is InChI=1S/C27H21F2N5O2S2/c1-2-34-12-11-31-26(34)23-15-20-25(38-23)22(9-10-30-20)36-21-8-7-18(14-19(21)29)32-27(37)33-24(35)13-16-3-5-17(28)6-4-16/h3-12,14-15H,2,13H2,1H3,(H2,32,33,35,37). The van der Waals surface area contributed by atoms with Gasteiger partial charge in [0.2, 0.25) is 5.91 Å². The summed E-state index contributed by atoms with van der Waals surface area (Å²) in [5.74, 6) is -0.0343. The van der Waals surface area contributed by atoms with Gasteiger partial charge in [0.25, 0.3) is 0 Å². The van der Waals surface area contributed by atoms with Crippen molar-refractivity contribution in [3.8, 4) is 22.2 Å². The van der Waals surface area contributed by atoms with Crippen molar-refractivity contribution in [2.75, 3.05) is 5.32 Å². The second-order valence-corrected chi connectivity index (χ2v) is 9.68. The predicted octanol–water partition coefficient (Wildman–Crippen LogP) is 6.31. The van der Waals surface area contributed by atoms with Crippen molar-refractivity contribution in [3.05, 3.63) is 90.4 Å². The third-order valence-electron chi connectivity index (χ3n) is 5.59. The summed E-state index contributed by atoms with van der Waals surface area (Å²) in [5.41, 5.74) is 1.71. The quantitative estimate of drug-likeness (QED) is 0.232. The summed E-state index contributed by atoms with van der Waals surface area (Å²) in [5, 5.41) is 5.33. The number of nitrogens with zero attached hydrogens (tertiary/aromatic N) is 3. The molecule has 2 aromatic carbocycles. The number of ether oxygens (including phenoxy) is 1. The van der Waals surface area contributed by atoms with Crippen LogP contribution in [0.15, 0.2) is 73.2 Å². The van der Waals surface area contributed by atoms with Gasteiger partial charge in [-0.3, -0.25) is 9.78 Å². The molecule has 192 valence electrons. The maximum absolute atomic E-state index is 14.9. The maximum atomic E-state index is 14.9. The van der Waals surface area contributed by atoms with E-state index < -0.39 is 5.82 Å². The molecule has 2 N–H and O–H groups in total. The molecule has 0 fully saturated rings. The number of fused-ring (bicyclic) bond motifs is 1. The highest BCUT2D eigenvalue weighted by molar-refractivity contribution is 7.80. The Bertz CT molecular complexity index is 1630. The number of carbonyl (C=O) groups is 1. The number of thiophene rings is 1. The van der Waals surface area contributed by atoms with Gasteiger partial charge in [-0.1, -0.05) is 12.1 Å². The molecule has 0 saturated carbocycles. The molecule has 0 bridgehead atoms. The lowest BCUT2D eigenvalue weighted by molar-refractivity contribution is -0.119. The topological polar surface area (TPSA) is 81.1 Å². The van der Waals surface area contributed by atoms with Crippen molar-refractivity contribution in [1.82, 2.24) is 19.9 Å². The summed E-state index contributed by atoms with van der Waals surface area (Å²) in [6, 6.07) is 13.5. The smallest absolute Gasteiger partial charge is 0.230 e. The first kappa shape index (κ1) is 25.4. The van der Waals surface area contributed by atoms with Crippen LogP contribution in [0.5, 0.6) is 11.5 Å². The van der Waals surface area contributed by atoms with E-state index in [2.05, 4.69) is 20.6 Å². The van der Waals surface area contributed by atoms with Gasteiger partial charge in [-0.05, 0) is 55.0 Å². The predicted molar refractivity (Wildman–Crippen MR) is 147 cm³/mol. The number of imidazole rings is 1. The van der Waals surface area contributed by atoms with Crippen LogP contribution in [0.4, 0.5) is 14.5 Å². The summed E-state index contributed by atoms with van der Waals surface area (Å²) in [7, 11) is 0. The van der Waals surface area contributed by atoms with Gasteiger partial charge in [-0.2, -0.15) is 0 Å². The molecule has 0 radical (unpaired) electrons. The zero-order valence-corrected chi connectivity index (χ0v) is 21.7. The van der Waals surface area contributed by atoms with Crippen molar-refractivity contribution in [2.45, 2.75) is 19.9 Å². The Kier molecular flexibility index (Phi) is 7.38. The van der Waals surface area contributed by atoms with Gasteiger partial charge < -0.3 is 19.9 Å². The van der Waals surface area contributed by atoms with Gasteiger partial charge in [-0.15, -0.1) is 11.3 Å². The molecular formula is C27H21F2N5O2S2. The lowest BCUT2D eigenvalue weighted by Gasteiger charge is -2.12. The lowest BCUT2D eigenvalue weighted by atomic mass is 10.1. The highest BCUT2D eigenvalue weighted by Crippen LogP contribution is 2.39. The number of nitrogens with one attached hydrogen (secondary N) is 2. The molecule has 0 saturated heterocycles. The molecule has 7 nitrogen and oxygen atoms in total. The molecule has 0 spiro atoms. The normalized spacial score (nSPS) is 10.9. The van der Waals surface area contributed by atoms with Crippen molar-refractivity contribution >= 4 is 50.5 Å². The molecule has 3 aromatic heterocycles. The molecule has 0 aliphatic rings. The molecule has 38 heavy (non-hydrogen) atoms. The Morgan fingerprint density at radius 2 is 1.87 bits per heavy atom. The number of pyridine rings is 1. The van der Waals surface area contributed by atoms with Crippen LogP contribution in [0, 0.1) is 11.6 Å². The number of aromatic nitrogens is 3. The van der Waals surface area contributed by atoms with Crippen LogP contribution in [0.2, 0.25) is 0 Å². The van der Waals surface area contributed by atoms with Gasteiger partial charge in [0.05, 0.1) is 21.5 Å². The van der Waals surface area contributed by atoms with Crippen LogP contribution in [-0.4, -0.2) is 25.6 Å². The van der Waals surface area contributed by atoms with Crippen LogP contribution in [-0.2, 0) is 17.8 Å². The number of halogens is 2. The fourth-order valence-electron chi connectivity index (χ4n) is 3.80. The summed E-state index contributed by atoms with van der Waals surface area (Å²) >= 11 is 6.64. The first-order valence-electron chi connectivity index (χ1n) is 11.6. The van der Waals surface area contributed by atoms with Crippen molar-refractivity contribution in [3.63, 3.8) is 0 Å². The number of aryl methyl sites for hydroxylation is 1. The van der Waals surface area contributed by atoms with E-state index in [0.717, 1.165) is 27.5 Å². The molecule has 5 aromatic rings. The van der Waals surface area contributed by atoms with Crippen LogP contribution in [0.3, 0.4) is 0 Å². The van der Waals surface area contributed by atoms with Crippen LogP contribution < -0.4 is 15.4 Å². The Hall–Kier alpha value is -4.22. The third-order valence-corrected chi connectivity index (χ3v) is 6.93. The van der Waals surface area contributed by atoms with E-state index in [1.54, 1.807) is 24.5 Å². The number of anilines is 1. The number of thiocarbonyl (C=S) groups is 1. The first-order chi connectivity index (χ1) is 18.4. The first-order valence-corrected chi connectivity index (χ1v) is 12.8. The Morgan fingerprint density at radius 3 is 2.63 bits per heavy atom. The fraction of sp³-hybridized carbons (Fsp3) is 0.111. The van der Waals surface area contributed by atoms with Gasteiger partial charge in [0.15, 0.2) is 16.7 Å². The summed E-state index contributed by atoms with van der Waals surface area (Å²) in [6.07, 6.45) is 5.30. The van der Waals surface area contributed by atoms with Gasteiger partial charge >= 0.3 is 0 Å². The van der Waals surface area contributed by atoms with Crippen LogP contribution in [0.25, 0.3) is 20.9 Å². The zero-order valence-electron chi connectivity index (χ0n) is 20.1. The van der Waals surface area contributed by atoms with E-state index in [-0.39, 0.29) is 29.0 Å². The van der Waals surface area contributed by atoms with Crippen molar-refractivity contribution in [1.29, 1.82) is 0 Å². The van der Waals surface area contributed by atoms with E-state index in [0.29, 0.717) is 17.0 Å². The summed E-state index contributed by atoms with van der Waals surface area (Å²) < 4.78 is 36.7. The molecule has 3 heterocycles. The van der Waals surface area contributed by atoms with E-state index in [4.69, 9.17) is 17.0 Å². The molecular weight excluding hydrogens is 528 g/mol. The molecule has 11 heteroatoms. The van der Waals surface area contributed by atoms with E-state index in [9.17, 15) is 13.6 Å². The number of benzene rings is 2. The molecule has 0 aliphatic carbocycles. The third kappa shape index (κ3) is 5.68. The van der Waals surface area contributed by atoms with Gasteiger partial charge in [0, 0.05) is 43.0 Å². The SMILES string of the molecule is CCn1ccnc1-c1cc2nccc(Oc3ccc(NC(=S)NC(=O)Cc4ccc(F)cc4)cc3F)c2s1. The molecule has 1 amide bonds. The number of hydrogen-bond donors (Lipinski definition) is 2. The van der Waals surface area contributed by atoms with Crippen molar-refractivity contribution < 1.29 is 18.3 Å². The van der Waals surface area contributed by atoms with E-state index in [1.807, 2.05) is 23.8 Å². The van der Waals surface area contributed by atoms with Crippen LogP contribution >= 0.6 is 23.6 Å². The van der Waals surface area contributed by atoms with E-state index in [1.165, 1.54) is 47.7 Å².